The van der Waals surface area contributed by atoms with E-state index in [0.717, 1.165) is 17.3 Å². The first-order valence-electron chi connectivity index (χ1n) is 7.34. The van der Waals surface area contributed by atoms with Gasteiger partial charge in [0.25, 0.3) is 16.8 Å². The smallest absolute Gasteiger partial charge is 0.282 e. The largest absolute Gasteiger partial charge is 0.411 e. The minimum atomic E-state index is -0.507. The molecular weight excluding hydrogens is 342 g/mol. The first-order valence-corrected chi connectivity index (χ1v) is 8.33. The minimum Gasteiger partial charge on any atom is -0.411 e. The number of carbonyl (C=O) groups is 1. The quantitative estimate of drug-likeness (QED) is 0.286. The van der Waals surface area contributed by atoms with Gasteiger partial charge in [0.1, 0.15) is 5.56 Å². The van der Waals surface area contributed by atoms with Gasteiger partial charge in [-0.25, -0.2) is 0 Å². The van der Waals surface area contributed by atoms with Crippen LogP contribution in [0.15, 0.2) is 58.2 Å². The molecule has 1 aromatic heterocycles. The zero-order chi connectivity index (χ0) is 17.8. The molecule has 126 valence electrons. The van der Waals surface area contributed by atoms with Crippen LogP contribution in [0.1, 0.15) is 15.9 Å². The van der Waals surface area contributed by atoms with E-state index in [-0.39, 0.29) is 33.9 Å². The average Bonchev–Trinajstić information content (AvgIpc) is 3.09. The fraction of sp³-hybridized carbons (Fsp3) is 0.118. The lowest BCUT2D eigenvalue weighted by Gasteiger charge is -1.99. The Kier molecular flexibility index (Phi) is 4.90. The van der Waals surface area contributed by atoms with E-state index in [1.165, 1.54) is 12.1 Å². The van der Waals surface area contributed by atoms with Gasteiger partial charge in [-0.15, -0.1) is 10.2 Å². The summed E-state index contributed by atoms with van der Waals surface area (Å²) in [6.45, 7) is 1.95. The first-order chi connectivity index (χ1) is 12.0. The van der Waals surface area contributed by atoms with E-state index in [4.69, 9.17) is 4.42 Å². The third kappa shape index (κ3) is 3.92. The summed E-state index contributed by atoms with van der Waals surface area (Å²) < 4.78 is 5.45. The van der Waals surface area contributed by atoms with Crippen molar-refractivity contribution in [1.82, 2.24) is 10.2 Å². The van der Waals surface area contributed by atoms with Crippen LogP contribution < -0.4 is 0 Å². The van der Waals surface area contributed by atoms with Crippen molar-refractivity contribution in [3.05, 3.63) is 69.8 Å². The zero-order valence-electron chi connectivity index (χ0n) is 13.2. The van der Waals surface area contributed by atoms with Crippen LogP contribution in [0.25, 0.3) is 11.5 Å². The molecule has 0 aliphatic carbocycles. The van der Waals surface area contributed by atoms with Crippen LogP contribution in [0.4, 0.5) is 5.69 Å². The van der Waals surface area contributed by atoms with E-state index in [2.05, 4.69) is 10.2 Å². The molecule has 0 saturated heterocycles. The number of hydrogen-bond donors (Lipinski definition) is 0. The molecule has 8 heteroatoms. The summed E-state index contributed by atoms with van der Waals surface area (Å²) in [7, 11) is 0. The van der Waals surface area contributed by atoms with Gasteiger partial charge in [0.15, 0.2) is 5.78 Å². The highest BCUT2D eigenvalue weighted by atomic mass is 32.2. The fourth-order valence-corrected chi connectivity index (χ4v) is 2.80. The Balaban J connectivity index is 1.71. The standard InChI is InChI=1S/C17H13N3O4S/c1-11-6-8-12(9-7-11)15(21)10-25-17-19-18-16(24-17)13-4-2-3-5-14(13)20(22)23/h2-9H,10H2,1H3. The average molecular weight is 355 g/mol. The van der Waals surface area contributed by atoms with E-state index >= 15 is 0 Å². The topological polar surface area (TPSA) is 99.1 Å². The normalized spacial score (nSPS) is 10.6. The third-order valence-electron chi connectivity index (χ3n) is 3.44. The highest BCUT2D eigenvalue weighted by Crippen LogP contribution is 2.30. The van der Waals surface area contributed by atoms with E-state index in [9.17, 15) is 14.9 Å². The van der Waals surface area contributed by atoms with Crippen LogP contribution in [-0.4, -0.2) is 26.7 Å². The third-order valence-corrected chi connectivity index (χ3v) is 4.26. The number of aromatic nitrogens is 2. The van der Waals surface area contributed by atoms with Gasteiger partial charge < -0.3 is 4.42 Å². The molecule has 0 aliphatic rings. The Hall–Kier alpha value is -3.00. The molecule has 3 rings (SSSR count). The number of thioether (sulfide) groups is 1. The number of nitro groups is 1. The van der Waals surface area contributed by atoms with Gasteiger partial charge in [0, 0.05) is 11.6 Å². The van der Waals surface area contributed by atoms with Crippen LogP contribution >= 0.6 is 11.8 Å². The van der Waals surface area contributed by atoms with Crippen molar-refractivity contribution in [1.29, 1.82) is 0 Å². The SMILES string of the molecule is Cc1ccc(C(=O)CSc2nnc(-c3ccccc3[N+](=O)[O-])o2)cc1. The zero-order valence-corrected chi connectivity index (χ0v) is 14.0. The van der Waals surface area contributed by atoms with Crippen molar-refractivity contribution in [3.8, 4) is 11.5 Å². The Labute approximate surface area is 147 Å². The molecule has 3 aromatic rings. The van der Waals surface area contributed by atoms with Crippen LogP contribution in [0.3, 0.4) is 0 Å². The molecule has 0 radical (unpaired) electrons. The van der Waals surface area contributed by atoms with Crippen LogP contribution in [0.2, 0.25) is 0 Å². The number of Topliss-reactive ketones (excluding diaryl/α,β-unsaturated/α-hetero) is 1. The van der Waals surface area contributed by atoms with Crippen molar-refractivity contribution in [2.75, 3.05) is 5.75 Å². The molecule has 0 fully saturated rings. The number of hydrogen-bond acceptors (Lipinski definition) is 7. The summed E-state index contributed by atoms with van der Waals surface area (Å²) in [4.78, 5) is 22.7. The second-order valence-corrected chi connectivity index (χ2v) is 6.15. The molecule has 0 saturated carbocycles. The van der Waals surface area contributed by atoms with Crippen LogP contribution in [0.5, 0.6) is 0 Å². The Morgan fingerprint density at radius 3 is 2.60 bits per heavy atom. The van der Waals surface area contributed by atoms with Crippen molar-refractivity contribution < 1.29 is 14.1 Å². The predicted octanol–water partition coefficient (Wildman–Crippen LogP) is 3.93. The Morgan fingerprint density at radius 2 is 1.88 bits per heavy atom. The monoisotopic (exact) mass is 355 g/mol. The molecule has 0 spiro atoms. The molecule has 0 atom stereocenters. The van der Waals surface area contributed by atoms with Crippen LogP contribution in [-0.2, 0) is 0 Å². The lowest BCUT2D eigenvalue weighted by atomic mass is 10.1. The lowest BCUT2D eigenvalue weighted by Crippen LogP contribution is -2.02. The molecule has 2 aromatic carbocycles. The molecule has 0 aliphatic heterocycles. The number of ketones is 1. The Bertz CT molecular complexity index is 922. The van der Waals surface area contributed by atoms with Crippen molar-refractivity contribution >= 4 is 23.2 Å². The van der Waals surface area contributed by atoms with E-state index in [1.54, 1.807) is 24.3 Å². The summed E-state index contributed by atoms with van der Waals surface area (Å²) in [5.41, 5.74) is 1.82. The summed E-state index contributed by atoms with van der Waals surface area (Å²) in [6, 6.07) is 13.4. The van der Waals surface area contributed by atoms with E-state index < -0.39 is 4.92 Å². The summed E-state index contributed by atoms with van der Waals surface area (Å²) in [6.07, 6.45) is 0. The number of aryl methyl sites for hydroxylation is 1. The number of carbonyl (C=O) groups excluding carboxylic acids is 1. The number of benzene rings is 2. The highest BCUT2D eigenvalue weighted by molar-refractivity contribution is 7.99. The van der Waals surface area contributed by atoms with Gasteiger partial charge in [0.05, 0.1) is 10.7 Å². The van der Waals surface area contributed by atoms with Crippen LogP contribution in [0, 0.1) is 17.0 Å². The molecule has 0 bridgehead atoms. The van der Waals surface area contributed by atoms with Gasteiger partial charge in [-0.05, 0) is 13.0 Å². The maximum absolute atomic E-state index is 12.1. The van der Waals surface area contributed by atoms with Gasteiger partial charge >= 0.3 is 0 Å². The predicted molar refractivity (Wildman–Crippen MR) is 92.6 cm³/mol. The van der Waals surface area contributed by atoms with Crippen molar-refractivity contribution in [3.63, 3.8) is 0 Å². The van der Waals surface area contributed by atoms with E-state index in [1.807, 2.05) is 19.1 Å². The first kappa shape index (κ1) is 16.8. The maximum atomic E-state index is 12.1. The molecule has 1 heterocycles. The summed E-state index contributed by atoms with van der Waals surface area (Å²) in [5.74, 6) is 0.134. The lowest BCUT2D eigenvalue weighted by molar-refractivity contribution is -0.384. The molecule has 0 unspecified atom stereocenters. The molecule has 7 nitrogen and oxygen atoms in total. The van der Waals surface area contributed by atoms with Crippen molar-refractivity contribution in [2.24, 2.45) is 0 Å². The molecule has 0 N–H and O–H groups in total. The van der Waals surface area contributed by atoms with Gasteiger partial charge in [-0.1, -0.05) is 53.7 Å². The summed E-state index contributed by atoms with van der Waals surface area (Å²) >= 11 is 1.10. The Morgan fingerprint density at radius 1 is 1.16 bits per heavy atom. The van der Waals surface area contributed by atoms with Crippen molar-refractivity contribution in [2.45, 2.75) is 12.1 Å². The second-order valence-electron chi connectivity index (χ2n) is 5.23. The molecular formula is C17H13N3O4S. The fourth-order valence-electron chi connectivity index (χ4n) is 2.14. The number of nitro benzene ring substituents is 1. The van der Waals surface area contributed by atoms with Gasteiger partial charge in [-0.2, -0.15) is 0 Å². The number of nitrogens with zero attached hydrogens (tertiary/aromatic N) is 3. The maximum Gasteiger partial charge on any atom is 0.282 e. The molecule has 0 amide bonds. The van der Waals surface area contributed by atoms with Gasteiger partial charge in [-0.3, -0.25) is 14.9 Å². The highest BCUT2D eigenvalue weighted by Gasteiger charge is 2.20. The van der Waals surface area contributed by atoms with Gasteiger partial charge in [0.2, 0.25) is 0 Å². The second kappa shape index (κ2) is 7.27. The molecule has 25 heavy (non-hydrogen) atoms. The number of rotatable bonds is 6. The minimum absolute atomic E-state index is 0.0533. The van der Waals surface area contributed by atoms with E-state index in [0.29, 0.717) is 5.56 Å². The summed E-state index contributed by atoms with van der Waals surface area (Å²) in [5, 5.41) is 18.9. The number of para-hydroxylation sites is 1.